The highest BCUT2D eigenvalue weighted by Gasteiger charge is 2.65. The molecule has 3 heteroatoms. The zero-order valence-corrected chi connectivity index (χ0v) is 12.2. The first-order chi connectivity index (χ1) is 8.31. The second kappa shape index (κ2) is 3.17. The highest BCUT2D eigenvalue weighted by Crippen LogP contribution is 2.72. The summed E-state index contributed by atoms with van der Waals surface area (Å²) >= 11 is 0. The molecule has 0 aromatic carbocycles. The maximum atomic E-state index is 6.22. The highest BCUT2D eigenvalue weighted by atomic mass is 16.7. The quantitative estimate of drug-likeness (QED) is 0.696. The van der Waals surface area contributed by atoms with Gasteiger partial charge in [0.05, 0.1) is 11.2 Å². The van der Waals surface area contributed by atoms with Gasteiger partial charge in [0.15, 0.2) is 0 Å². The summed E-state index contributed by atoms with van der Waals surface area (Å²) in [6, 6.07) is 0. The van der Waals surface area contributed by atoms with E-state index in [-0.39, 0.29) is 18.3 Å². The molecular formula is C15H25BO2. The normalized spacial score (nSPS) is 50.7. The van der Waals surface area contributed by atoms with Gasteiger partial charge >= 0.3 is 7.12 Å². The monoisotopic (exact) mass is 248 g/mol. The van der Waals surface area contributed by atoms with Gasteiger partial charge in [-0.15, -0.1) is 0 Å². The summed E-state index contributed by atoms with van der Waals surface area (Å²) < 4.78 is 12.4. The van der Waals surface area contributed by atoms with E-state index in [1.54, 1.807) is 0 Å². The van der Waals surface area contributed by atoms with E-state index in [4.69, 9.17) is 9.31 Å². The van der Waals surface area contributed by atoms with Crippen molar-refractivity contribution in [3.8, 4) is 0 Å². The molecule has 0 aromatic rings. The first kappa shape index (κ1) is 11.8. The Bertz CT molecular complexity index is 360. The summed E-state index contributed by atoms with van der Waals surface area (Å²) in [6.45, 7) is 8.65. The lowest BCUT2D eigenvalue weighted by molar-refractivity contribution is 0.00578. The SMILES string of the molecule is CC1(C)OB(CC23CC4CC2CC4C3)OC1(C)C. The molecule has 2 unspecified atom stereocenters. The van der Waals surface area contributed by atoms with Gasteiger partial charge in [0.1, 0.15) is 0 Å². The van der Waals surface area contributed by atoms with E-state index in [0.29, 0.717) is 5.41 Å². The summed E-state index contributed by atoms with van der Waals surface area (Å²) in [5.41, 5.74) is 0.276. The molecule has 100 valence electrons. The largest absolute Gasteiger partial charge is 0.458 e. The molecule has 4 saturated carbocycles. The van der Waals surface area contributed by atoms with Crippen LogP contribution in [0.2, 0.25) is 6.32 Å². The maximum Gasteiger partial charge on any atom is 0.458 e. The Hall–Kier alpha value is -0.0151. The minimum atomic E-state index is -0.159. The van der Waals surface area contributed by atoms with E-state index >= 15 is 0 Å². The van der Waals surface area contributed by atoms with Crippen LogP contribution in [0.3, 0.4) is 0 Å². The van der Waals surface area contributed by atoms with E-state index in [1.165, 1.54) is 25.7 Å². The Balaban J connectivity index is 1.51. The van der Waals surface area contributed by atoms with Crippen molar-refractivity contribution < 1.29 is 9.31 Å². The molecule has 1 saturated heterocycles. The topological polar surface area (TPSA) is 18.5 Å². The minimum absolute atomic E-state index is 0.0353. The second-order valence-corrected chi connectivity index (χ2v) is 8.35. The van der Waals surface area contributed by atoms with Crippen molar-refractivity contribution in [2.75, 3.05) is 0 Å². The predicted octanol–water partition coefficient (Wildman–Crippen LogP) is 3.51. The third-order valence-electron chi connectivity index (χ3n) is 6.92. The van der Waals surface area contributed by atoms with Crippen molar-refractivity contribution in [1.29, 1.82) is 0 Å². The molecule has 1 aliphatic heterocycles. The van der Waals surface area contributed by atoms with Crippen molar-refractivity contribution >= 4 is 7.12 Å². The van der Waals surface area contributed by atoms with Crippen molar-refractivity contribution in [3.05, 3.63) is 0 Å². The summed E-state index contributed by atoms with van der Waals surface area (Å²) in [7, 11) is 0.0353. The van der Waals surface area contributed by atoms with Crippen molar-refractivity contribution in [3.63, 3.8) is 0 Å². The summed E-state index contributed by atoms with van der Waals surface area (Å²) in [4.78, 5) is 0. The lowest BCUT2D eigenvalue weighted by Crippen LogP contribution is -2.41. The second-order valence-electron chi connectivity index (χ2n) is 8.35. The number of hydrogen-bond donors (Lipinski definition) is 0. The maximum absolute atomic E-state index is 6.22. The van der Waals surface area contributed by atoms with Gasteiger partial charge in [-0.25, -0.2) is 0 Å². The molecule has 2 atom stereocenters. The molecule has 5 fully saturated rings. The summed E-state index contributed by atoms with van der Waals surface area (Å²) in [5, 5.41) is 0. The first-order valence-corrected chi connectivity index (χ1v) is 7.67. The van der Waals surface area contributed by atoms with Crippen LogP contribution < -0.4 is 0 Å². The smallest absolute Gasteiger partial charge is 0.403 e. The molecule has 4 aliphatic carbocycles. The fraction of sp³-hybridized carbons (Fsp3) is 1.00. The fourth-order valence-corrected chi connectivity index (χ4v) is 5.39. The molecule has 0 amide bonds. The van der Waals surface area contributed by atoms with Gasteiger partial charge in [-0.05, 0) is 82.9 Å². The van der Waals surface area contributed by atoms with Gasteiger partial charge in [0, 0.05) is 0 Å². The van der Waals surface area contributed by atoms with Gasteiger partial charge in [-0.2, -0.15) is 0 Å². The van der Waals surface area contributed by atoms with Gasteiger partial charge in [0.25, 0.3) is 0 Å². The van der Waals surface area contributed by atoms with E-state index in [1.807, 2.05) is 0 Å². The molecule has 4 bridgehead atoms. The molecule has 2 nitrogen and oxygen atoms in total. The van der Waals surface area contributed by atoms with E-state index in [9.17, 15) is 0 Å². The van der Waals surface area contributed by atoms with Crippen LogP contribution in [0, 0.1) is 23.2 Å². The Labute approximate surface area is 111 Å². The standard InChI is InChI=1S/C15H25BO2/c1-13(2)14(3,4)18-16(17-13)9-15-7-10-5-12(15)6-11(10)8-15/h10-12H,5-9H2,1-4H3. The molecular weight excluding hydrogens is 223 g/mol. The van der Waals surface area contributed by atoms with E-state index < -0.39 is 0 Å². The molecule has 18 heavy (non-hydrogen) atoms. The third kappa shape index (κ3) is 1.33. The average Bonchev–Trinajstić information content (AvgIpc) is 2.87. The number of hydrogen-bond acceptors (Lipinski definition) is 2. The predicted molar refractivity (Wildman–Crippen MR) is 72.3 cm³/mol. The van der Waals surface area contributed by atoms with Gasteiger partial charge in [-0.3, -0.25) is 0 Å². The van der Waals surface area contributed by atoms with Crippen LogP contribution in [0.4, 0.5) is 0 Å². The van der Waals surface area contributed by atoms with Crippen LogP contribution in [0.5, 0.6) is 0 Å². The lowest BCUT2D eigenvalue weighted by Gasteiger charge is -2.32. The van der Waals surface area contributed by atoms with Crippen LogP contribution >= 0.6 is 0 Å². The third-order valence-corrected chi connectivity index (χ3v) is 6.92. The zero-order valence-electron chi connectivity index (χ0n) is 12.2. The van der Waals surface area contributed by atoms with Crippen LogP contribution in [-0.2, 0) is 9.31 Å². The molecule has 0 aromatic heterocycles. The van der Waals surface area contributed by atoms with E-state index in [2.05, 4.69) is 27.7 Å². The van der Waals surface area contributed by atoms with Crippen LogP contribution in [0.15, 0.2) is 0 Å². The van der Waals surface area contributed by atoms with Gasteiger partial charge in [0.2, 0.25) is 0 Å². The minimum Gasteiger partial charge on any atom is -0.403 e. The van der Waals surface area contributed by atoms with E-state index in [0.717, 1.165) is 24.1 Å². The van der Waals surface area contributed by atoms with Crippen LogP contribution in [0.1, 0.15) is 53.4 Å². The Morgan fingerprint density at radius 3 is 1.83 bits per heavy atom. The fourth-order valence-electron chi connectivity index (χ4n) is 5.39. The first-order valence-electron chi connectivity index (χ1n) is 7.67. The molecule has 5 rings (SSSR count). The van der Waals surface area contributed by atoms with Crippen molar-refractivity contribution in [2.24, 2.45) is 23.2 Å². The molecule has 1 heterocycles. The van der Waals surface area contributed by atoms with Crippen molar-refractivity contribution in [1.82, 2.24) is 0 Å². The molecule has 0 radical (unpaired) electrons. The van der Waals surface area contributed by atoms with Crippen LogP contribution in [-0.4, -0.2) is 18.3 Å². The Morgan fingerprint density at radius 2 is 1.44 bits per heavy atom. The highest BCUT2D eigenvalue weighted by molar-refractivity contribution is 6.45. The summed E-state index contributed by atoms with van der Waals surface area (Å²) in [6.07, 6.45) is 7.09. The number of rotatable bonds is 2. The molecule has 0 N–H and O–H groups in total. The van der Waals surface area contributed by atoms with Crippen LogP contribution in [0.25, 0.3) is 0 Å². The summed E-state index contributed by atoms with van der Waals surface area (Å²) in [5.74, 6) is 3.10. The Kier molecular flexibility index (Phi) is 2.08. The average molecular weight is 248 g/mol. The van der Waals surface area contributed by atoms with Crippen molar-refractivity contribution in [2.45, 2.75) is 70.9 Å². The van der Waals surface area contributed by atoms with Gasteiger partial charge < -0.3 is 9.31 Å². The molecule has 5 aliphatic rings. The Morgan fingerprint density at radius 1 is 0.944 bits per heavy atom. The zero-order chi connectivity index (χ0) is 12.8. The van der Waals surface area contributed by atoms with Gasteiger partial charge in [-0.1, -0.05) is 0 Å². The lowest BCUT2D eigenvalue weighted by atomic mass is 9.64. The molecule has 0 spiro atoms.